The number of methoxy groups -OCH3 is 1. The van der Waals surface area contributed by atoms with Crippen LogP contribution >= 0.6 is 27.5 Å². The van der Waals surface area contributed by atoms with Crippen molar-refractivity contribution in [2.45, 2.75) is 69.0 Å². The van der Waals surface area contributed by atoms with Crippen LogP contribution < -0.4 is 0 Å². The highest BCUT2D eigenvalue weighted by atomic mass is 79.9. The predicted molar refractivity (Wildman–Crippen MR) is 99.5 cm³/mol. The monoisotopic (exact) mass is 458 g/mol. The largest absolute Gasteiger partial charge is 0.467 e. The minimum Gasteiger partial charge on any atom is -0.467 e. The van der Waals surface area contributed by atoms with Crippen molar-refractivity contribution in [3.8, 4) is 0 Å². The Morgan fingerprint density at radius 1 is 1.04 bits per heavy atom. The van der Waals surface area contributed by atoms with Crippen molar-refractivity contribution >= 4 is 39.5 Å². The molecule has 5 atom stereocenters. The van der Waals surface area contributed by atoms with E-state index >= 15 is 0 Å². The molecule has 0 saturated carbocycles. The van der Waals surface area contributed by atoms with Gasteiger partial charge in [0.2, 0.25) is 0 Å². The molecule has 1 aliphatic rings. The molecule has 0 aromatic heterocycles. The van der Waals surface area contributed by atoms with E-state index in [-0.39, 0.29) is 5.88 Å². The highest BCUT2D eigenvalue weighted by Gasteiger charge is 2.51. The first-order chi connectivity index (χ1) is 12.5. The summed E-state index contributed by atoms with van der Waals surface area (Å²) in [6.45, 7) is 5.04. The van der Waals surface area contributed by atoms with Gasteiger partial charge in [-0.3, -0.25) is 4.79 Å². The number of hydrogen-bond donors (Lipinski definition) is 0. The van der Waals surface area contributed by atoms with Gasteiger partial charge in [0.05, 0.1) is 7.11 Å². The fourth-order valence-corrected chi connectivity index (χ4v) is 3.26. The minimum absolute atomic E-state index is 0.342. The van der Waals surface area contributed by atoms with Gasteiger partial charge in [-0.25, -0.2) is 4.79 Å². The Hall–Kier alpha value is -0.410. The SMILES string of the molecule is CCCCOC1[C@@H](OCCCC)[C@H](OC(=O)CCl)C(C(=O)OC)O[C@@H]1Br. The van der Waals surface area contributed by atoms with Crippen LogP contribution in [0.25, 0.3) is 0 Å². The molecule has 0 bridgehead atoms. The highest BCUT2D eigenvalue weighted by Crippen LogP contribution is 2.32. The molecule has 1 fully saturated rings. The third-order valence-corrected chi connectivity index (χ3v) is 4.86. The molecule has 1 rings (SSSR count). The van der Waals surface area contributed by atoms with E-state index in [0.29, 0.717) is 13.2 Å². The predicted octanol–water partition coefficient (Wildman–Crippen LogP) is 2.80. The van der Waals surface area contributed by atoms with E-state index in [0.717, 1.165) is 25.7 Å². The molecular formula is C17H28BrClO7. The Bertz CT molecular complexity index is 437. The van der Waals surface area contributed by atoms with Gasteiger partial charge in [0.25, 0.3) is 0 Å². The number of alkyl halides is 2. The van der Waals surface area contributed by atoms with Crippen LogP contribution in [0.3, 0.4) is 0 Å². The van der Waals surface area contributed by atoms with Gasteiger partial charge < -0.3 is 23.7 Å². The van der Waals surface area contributed by atoms with E-state index in [2.05, 4.69) is 22.9 Å². The maximum atomic E-state index is 12.1. The number of rotatable bonds is 11. The first-order valence-corrected chi connectivity index (χ1v) is 10.3. The summed E-state index contributed by atoms with van der Waals surface area (Å²) in [5.41, 5.74) is 0. The standard InChI is InChI=1S/C17H28BrClO7/c1-4-6-8-23-12-13(25-11(20)10-19)15(17(21)22-3)26-16(18)14(12)24-9-7-5-2/h12-16H,4-10H2,1-3H3/t12-,13-,14?,15?,16-/m0/s1. The quantitative estimate of drug-likeness (QED) is 0.267. The second-order valence-corrected chi connectivity index (χ2v) is 7.07. The van der Waals surface area contributed by atoms with Crippen LogP contribution in [0, 0.1) is 0 Å². The third kappa shape index (κ3) is 6.96. The Morgan fingerprint density at radius 3 is 2.12 bits per heavy atom. The third-order valence-electron chi connectivity index (χ3n) is 3.91. The second-order valence-electron chi connectivity index (χ2n) is 5.90. The Labute approximate surface area is 168 Å². The lowest BCUT2D eigenvalue weighted by atomic mass is 9.99. The highest BCUT2D eigenvalue weighted by molar-refractivity contribution is 9.09. The van der Waals surface area contributed by atoms with E-state index < -0.39 is 41.4 Å². The van der Waals surface area contributed by atoms with Crippen LogP contribution in [0.1, 0.15) is 39.5 Å². The molecule has 0 spiro atoms. The molecule has 1 heterocycles. The zero-order chi connectivity index (χ0) is 19.5. The topological polar surface area (TPSA) is 80.3 Å². The van der Waals surface area contributed by atoms with Gasteiger partial charge in [-0.05, 0) is 12.8 Å². The Morgan fingerprint density at radius 2 is 1.62 bits per heavy atom. The van der Waals surface area contributed by atoms with Gasteiger partial charge in [0, 0.05) is 13.2 Å². The van der Waals surface area contributed by atoms with E-state index in [1.165, 1.54) is 7.11 Å². The lowest BCUT2D eigenvalue weighted by Gasteiger charge is -2.43. The molecule has 0 amide bonds. The van der Waals surface area contributed by atoms with Crippen LogP contribution in [0.4, 0.5) is 0 Å². The van der Waals surface area contributed by atoms with Crippen LogP contribution in [-0.2, 0) is 33.3 Å². The fraction of sp³-hybridized carbons (Fsp3) is 0.882. The summed E-state index contributed by atoms with van der Waals surface area (Å²) in [6.07, 6.45) is 0.224. The van der Waals surface area contributed by atoms with Gasteiger partial charge in [-0.1, -0.05) is 42.6 Å². The summed E-state index contributed by atoms with van der Waals surface area (Å²) in [7, 11) is 1.24. The number of carbonyl (C=O) groups excluding carboxylic acids is 2. The first-order valence-electron chi connectivity index (χ1n) is 8.86. The maximum Gasteiger partial charge on any atom is 0.339 e. The van der Waals surface area contributed by atoms with Crippen molar-refractivity contribution in [3.05, 3.63) is 0 Å². The van der Waals surface area contributed by atoms with Gasteiger partial charge >= 0.3 is 11.9 Å². The number of carbonyl (C=O) groups is 2. The van der Waals surface area contributed by atoms with Gasteiger partial charge in [0.15, 0.2) is 12.2 Å². The molecule has 0 aromatic rings. The van der Waals surface area contributed by atoms with Crippen molar-refractivity contribution in [2.75, 3.05) is 26.2 Å². The Balaban J connectivity index is 3.05. The minimum atomic E-state index is -1.13. The van der Waals surface area contributed by atoms with Crippen LogP contribution in [0.2, 0.25) is 0 Å². The first kappa shape index (κ1) is 23.6. The second kappa shape index (κ2) is 12.9. The van der Waals surface area contributed by atoms with Crippen molar-refractivity contribution in [1.82, 2.24) is 0 Å². The van der Waals surface area contributed by atoms with Gasteiger partial charge in [-0.15, -0.1) is 11.6 Å². The van der Waals surface area contributed by atoms with Crippen molar-refractivity contribution in [2.24, 2.45) is 0 Å². The average molecular weight is 460 g/mol. The van der Waals surface area contributed by atoms with Crippen molar-refractivity contribution in [1.29, 1.82) is 0 Å². The van der Waals surface area contributed by atoms with Gasteiger partial charge in [-0.2, -0.15) is 0 Å². The molecule has 152 valence electrons. The van der Waals surface area contributed by atoms with Crippen LogP contribution in [-0.4, -0.2) is 67.6 Å². The molecule has 0 radical (unpaired) electrons. The lowest BCUT2D eigenvalue weighted by molar-refractivity contribution is -0.238. The summed E-state index contributed by atoms with van der Waals surface area (Å²) >= 11 is 8.96. The van der Waals surface area contributed by atoms with E-state index in [1.807, 2.05) is 6.92 Å². The number of hydrogen-bond acceptors (Lipinski definition) is 7. The molecule has 26 heavy (non-hydrogen) atoms. The van der Waals surface area contributed by atoms with Gasteiger partial charge in [0.1, 0.15) is 23.1 Å². The summed E-state index contributed by atoms with van der Waals surface area (Å²) in [4.78, 5) is 23.9. The molecule has 9 heteroatoms. The maximum absolute atomic E-state index is 12.1. The van der Waals surface area contributed by atoms with Crippen LogP contribution in [0.5, 0.6) is 0 Å². The molecule has 1 saturated heterocycles. The molecule has 7 nitrogen and oxygen atoms in total. The molecule has 1 aliphatic heterocycles. The van der Waals surface area contributed by atoms with E-state index in [9.17, 15) is 9.59 Å². The summed E-state index contributed by atoms with van der Waals surface area (Å²) in [5.74, 6) is -1.66. The molecule has 2 unspecified atom stereocenters. The van der Waals surface area contributed by atoms with E-state index in [1.54, 1.807) is 0 Å². The summed E-state index contributed by atoms with van der Waals surface area (Å²) in [5, 5.41) is -0.610. The number of halogens is 2. The lowest BCUT2D eigenvalue weighted by Crippen LogP contribution is -2.61. The van der Waals surface area contributed by atoms with E-state index in [4.69, 9.17) is 35.3 Å². The van der Waals surface area contributed by atoms with Crippen LogP contribution in [0.15, 0.2) is 0 Å². The number of unbranched alkanes of at least 4 members (excludes halogenated alkanes) is 2. The normalized spacial score (nSPS) is 28.6. The molecular weight excluding hydrogens is 432 g/mol. The molecule has 0 aliphatic carbocycles. The number of esters is 2. The van der Waals surface area contributed by atoms with Crippen molar-refractivity contribution < 1.29 is 33.3 Å². The smallest absolute Gasteiger partial charge is 0.339 e. The fourth-order valence-electron chi connectivity index (χ4n) is 2.51. The zero-order valence-electron chi connectivity index (χ0n) is 15.5. The summed E-state index contributed by atoms with van der Waals surface area (Å²) in [6, 6.07) is 0. The average Bonchev–Trinajstić information content (AvgIpc) is 2.64. The molecule has 0 N–H and O–H groups in total. The summed E-state index contributed by atoms with van der Waals surface area (Å²) < 4.78 is 27.7. The molecule has 0 aromatic carbocycles. The Kier molecular flexibility index (Phi) is 11.7. The zero-order valence-corrected chi connectivity index (χ0v) is 17.8. The van der Waals surface area contributed by atoms with Crippen molar-refractivity contribution in [3.63, 3.8) is 0 Å². The number of ether oxygens (including phenoxy) is 5.